The van der Waals surface area contributed by atoms with Gasteiger partial charge in [-0.25, -0.2) is 0 Å². The Morgan fingerprint density at radius 1 is 0.476 bits per heavy atom. The van der Waals surface area contributed by atoms with Crippen molar-refractivity contribution in [1.82, 2.24) is 9.80 Å². The summed E-state index contributed by atoms with van der Waals surface area (Å²) in [4.78, 5) is 36.6. The zero-order valence-corrected chi connectivity index (χ0v) is 24.4. The Morgan fingerprint density at radius 3 is 1.12 bits per heavy atom. The van der Waals surface area contributed by atoms with Crippen molar-refractivity contribution in [1.29, 1.82) is 0 Å². The lowest BCUT2D eigenvalue weighted by Gasteiger charge is -2.26. The number of nitrogens with zero attached hydrogens (tertiary/aromatic N) is 4. The highest BCUT2D eigenvalue weighted by Crippen LogP contribution is 2.47. The van der Waals surface area contributed by atoms with Gasteiger partial charge in [0.25, 0.3) is 11.8 Å². The van der Waals surface area contributed by atoms with Crippen molar-refractivity contribution in [2.45, 2.75) is 13.1 Å². The van der Waals surface area contributed by atoms with E-state index < -0.39 is 0 Å². The molecule has 0 saturated carbocycles. The zero-order valence-electron chi connectivity index (χ0n) is 24.4. The average molecular weight is 555 g/mol. The molecule has 4 aromatic carbocycles. The standard InChI is InChI=1S/C36H34N4O2/c1-37(2)29-19-15-27(16-20-29)33-31-32(36(42)39(33)23-25-11-7-5-8-12-25)34(28-17-21-30(22-18-28)38(3)4)40(35(31)41)24-26-13-9-6-10-14-26/h5-22H,23-24H2,1-4H3. The Kier molecular flexibility index (Phi) is 7.13. The van der Waals surface area contributed by atoms with Gasteiger partial charge in [-0.15, -0.1) is 0 Å². The van der Waals surface area contributed by atoms with Crippen LogP contribution in [0.25, 0.3) is 11.4 Å². The van der Waals surface area contributed by atoms with E-state index in [1.54, 1.807) is 9.80 Å². The van der Waals surface area contributed by atoms with Crippen molar-refractivity contribution in [2.75, 3.05) is 38.0 Å². The summed E-state index contributed by atoms with van der Waals surface area (Å²) in [6.07, 6.45) is 0. The lowest BCUT2D eigenvalue weighted by molar-refractivity contribution is -0.124. The molecule has 0 fully saturated rings. The second kappa shape index (κ2) is 11.1. The molecule has 210 valence electrons. The number of hydrogen-bond donors (Lipinski definition) is 0. The third kappa shape index (κ3) is 4.85. The Balaban J connectivity index is 1.56. The van der Waals surface area contributed by atoms with Gasteiger partial charge in [0.1, 0.15) is 0 Å². The number of hydrogen-bond acceptors (Lipinski definition) is 4. The van der Waals surface area contributed by atoms with Crippen LogP contribution in [0.1, 0.15) is 22.3 Å². The number of rotatable bonds is 8. The SMILES string of the molecule is CN(C)c1ccc(C2=C3C(=O)N(Cc4ccccc4)C(c4ccc(N(C)C)cc4)=C3C(=O)N2Cc2ccccc2)cc1. The second-order valence-corrected chi connectivity index (χ2v) is 11.1. The summed E-state index contributed by atoms with van der Waals surface area (Å²) in [5, 5.41) is 0. The lowest BCUT2D eigenvalue weighted by Crippen LogP contribution is -2.29. The Hall–Kier alpha value is -5.10. The van der Waals surface area contributed by atoms with Gasteiger partial charge >= 0.3 is 0 Å². The minimum absolute atomic E-state index is 0.156. The Labute approximate surface area is 247 Å². The van der Waals surface area contributed by atoms with Crippen molar-refractivity contribution < 1.29 is 9.59 Å². The summed E-state index contributed by atoms with van der Waals surface area (Å²) in [6, 6.07) is 36.0. The molecule has 6 heteroatoms. The number of carbonyl (C=O) groups is 2. The topological polar surface area (TPSA) is 47.1 Å². The number of fused-ring (bicyclic) bond motifs is 1. The van der Waals surface area contributed by atoms with E-state index in [-0.39, 0.29) is 11.8 Å². The highest BCUT2D eigenvalue weighted by atomic mass is 16.2. The van der Waals surface area contributed by atoms with Crippen molar-refractivity contribution >= 4 is 34.6 Å². The van der Waals surface area contributed by atoms with Crippen LogP contribution in [0.3, 0.4) is 0 Å². The van der Waals surface area contributed by atoms with Crippen LogP contribution in [0, 0.1) is 0 Å². The third-order valence-electron chi connectivity index (χ3n) is 7.86. The number of benzene rings is 4. The van der Waals surface area contributed by atoms with Gasteiger partial charge in [-0.05, 0) is 46.5 Å². The van der Waals surface area contributed by atoms with Crippen LogP contribution in [0.4, 0.5) is 11.4 Å². The summed E-state index contributed by atoms with van der Waals surface area (Å²) in [5.41, 5.74) is 8.03. The number of amides is 2. The summed E-state index contributed by atoms with van der Waals surface area (Å²) < 4.78 is 0. The van der Waals surface area contributed by atoms with Crippen LogP contribution in [0.5, 0.6) is 0 Å². The first-order chi connectivity index (χ1) is 20.3. The van der Waals surface area contributed by atoms with E-state index >= 15 is 0 Å². The molecule has 0 aliphatic carbocycles. The van der Waals surface area contributed by atoms with Crippen LogP contribution in [0.2, 0.25) is 0 Å². The molecule has 2 aliphatic heterocycles. The summed E-state index contributed by atoms with van der Waals surface area (Å²) >= 11 is 0. The molecular formula is C36H34N4O2. The van der Waals surface area contributed by atoms with Gasteiger partial charge in [0.2, 0.25) is 0 Å². The van der Waals surface area contributed by atoms with Gasteiger partial charge in [0, 0.05) is 39.6 Å². The summed E-state index contributed by atoms with van der Waals surface area (Å²) in [7, 11) is 7.98. The highest BCUT2D eigenvalue weighted by Gasteiger charge is 2.48. The van der Waals surface area contributed by atoms with Crippen LogP contribution in [-0.2, 0) is 22.7 Å². The maximum Gasteiger partial charge on any atom is 0.261 e. The van der Waals surface area contributed by atoms with E-state index in [9.17, 15) is 9.59 Å². The van der Waals surface area contributed by atoms with Crippen LogP contribution in [-0.4, -0.2) is 49.8 Å². The monoisotopic (exact) mass is 554 g/mol. The predicted molar refractivity (Wildman–Crippen MR) is 169 cm³/mol. The van der Waals surface area contributed by atoms with Crippen LogP contribution < -0.4 is 9.80 Å². The van der Waals surface area contributed by atoms with Gasteiger partial charge in [0.15, 0.2) is 0 Å². The minimum atomic E-state index is -0.156. The van der Waals surface area contributed by atoms with Crippen LogP contribution in [0.15, 0.2) is 120 Å². The number of anilines is 2. The van der Waals surface area contributed by atoms with E-state index in [1.807, 2.05) is 147 Å². The molecule has 0 spiro atoms. The normalized spacial score (nSPS) is 14.7. The van der Waals surface area contributed by atoms with Crippen molar-refractivity contribution in [2.24, 2.45) is 0 Å². The molecular weight excluding hydrogens is 520 g/mol. The fraction of sp³-hybridized carbons (Fsp3) is 0.167. The molecule has 0 saturated heterocycles. The Morgan fingerprint density at radius 2 is 0.810 bits per heavy atom. The first-order valence-electron chi connectivity index (χ1n) is 14.1. The summed E-state index contributed by atoms with van der Waals surface area (Å²) in [6.45, 7) is 0.743. The largest absolute Gasteiger partial charge is 0.378 e. The first kappa shape index (κ1) is 27.1. The van der Waals surface area contributed by atoms with Gasteiger partial charge in [-0.3, -0.25) is 9.59 Å². The second-order valence-electron chi connectivity index (χ2n) is 11.1. The first-order valence-corrected chi connectivity index (χ1v) is 14.1. The summed E-state index contributed by atoms with van der Waals surface area (Å²) in [5.74, 6) is -0.313. The lowest BCUT2D eigenvalue weighted by atomic mass is 10.0. The van der Waals surface area contributed by atoms with E-state index in [1.165, 1.54) is 0 Å². The molecule has 0 bridgehead atoms. The third-order valence-corrected chi connectivity index (χ3v) is 7.86. The van der Waals surface area contributed by atoms with Gasteiger partial charge in [-0.2, -0.15) is 0 Å². The van der Waals surface area contributed by atoms with Crippen molar-refractivity contribution in [3.63, 3.8) is 0 Å². The fourth-order valence-corrected chi connectivity index (χ4v) is 5.67. The molecule has 42 heavy (non-hydrogen) atoms. The molecule has 2 aliphatic rings. The van der Waals surface area contributed by atoms with Gasteiger partial charge in [0.05, 0.1) is 35.6 Å². The smallest absolute Gasteiger partial charge is 0.261 e. The number of carbonyl (C=O) groups excluding carboxylic acids is 2. The molecule has 6 rings (SSSR count). The molecule has 0 radical (unpaired) electrons. The molecule has 2 heterocycles. The Bertz CT molecular complexity index is 1560. The maximum atomic E-state index is 14.5. The van der Waals surface area contributed by atoms with E-state index in [0.717, 1.165) is 33.6 Å². The highest BCUT2D eigenvalue weighted by molar-refractivity contribution is 6.30. The van der Waals surface area contributed by atoms with Crippen molar-refractivity contribution in [3.05, 3.63) is 143 Å². The average Bonchev–Trinajstić information content (AvgIpc) is 3.44. The predicted octanol–water partition coefficient (Wildman–Crippen LogP) is 6.03. The molecule has 6 nitrogen and oxygen atoms in total. The quantitative estimate of drug-likeness (QED) is 0.267. The van der Waals surface area contributed by atoms with Gasteiger partial charge in [-0.1, -0.05) is 84.9 Å². The van der Waals surface area contributed by atoms with E-state index in [0.29, 0.717) is 35.6 Å². The zero-order chi connectivity index (χ0) is 29.4. The van der Waals surface area contributed by atoms with Crippen LogP contribution >= 0.6 is 0 Å². The fourth-order valence-electron chi connectivity index (χ4n) is 5.67. The van der Waals surface area contributed by atoms with E-state index in [4.69, 9.17) is 0 Å². The molecule has 0 aromatic heterocycles. The molecule has 2 amide bonds. The molecule has 0 N–H and O–H groups in total. The maximum absolute atomic E-state index is 14.5. The molecule has 0 atom stereocenters. The minimum Gasteiger partial charge on any atom is -0.378 e. The van der Waals surface area contributed by atoms with Gasteiger partial charge < -0.3 is 19.6 Å². The van der Waals surface area contributed by atoms with Crippen molar-refractivity contribution in [3.8, 4) is 0 Å². The van der Waals surface area contributed by atoms with E-state index in [2.05, 4.69) is 0 Å². The molecule has 0 unspecified atom stereocenters. The molecule has 4 aromatic rings.